The third-order valence-corrected chi connectivity index (χ3v) is 2.95. The zero-order chi connectivity index (χ0) is 12.2. The number of carboxylic acid groups (broad SMARTS) is 1. The van der Waals surface area contributed by atoms with E-state index in [4.69, 9.17) is 10.2 Å². The number of rotatable bonds is 11. The van der Waals surface area contributed by atoms with Crippen molar-refractivity contribution < 1.29 is 15.0 Å². The van der Waals surface area contributed by atoms with Gasteiger partial charge in [-0.15, -0.1) is 0 Å². The van der Waals surface area contributed by atoms with Crippen LogP contribution in [0.4, 0.5) is 0 Å². The smallest absolute Gasteiger partial charge is 0.306 e. The molecule has 1 atom stereocenters. The molecule has 2 N–H and O–H groups in total. The topological polar surface area (TPSA) is 57.5 Å². The fourth-order valence-electron chi connectivity index (χ4n) is 1.95. The first-order valence-electron chi connectivity index (χ1n) is 6.56. The first kappa shape index (κ1) is 15.4. The molecule has 0 aliphatic carbocycles. The van der Waals surface area contributed by atoms with Crippen molar-refractivity contribution >= 4 is 5.97 Å². The molecule has 0 aromatic rings. The van der Waals surface area contributed by atoms with E-state index in [-0.39, 0.29) is 12.5 Å². The number of aliphatic carboxylic acids is 1. The Kier molecular flexibility index (Phi) is 10.5. The number of carbonyl (C=O) groups is 1. The Morgan fingerprint density at radius 2 is 1.56 bits per heavy atom. The summed E-state index contributed by atoms with van der Waals surface area (Å²) in [4.78, 5) is 10.9. The summed E-state index contributed by atoms with van der Waals surface area (Å²) in [6, 6.07) is 0. The quantitative estimate of drug-likeness (QED) is 0.536. The van der Waals surface area contributed by atoms with Gasteiger partial charge in [-0.3, -0.25) is 4.79 Å². The van der Waals surface area contributed by atoms with E-state index >= 15 is 0 Å². The van der Waals surface area contributed by atoms with Gasteiger partial charge in [0.05, 0.1) is 5.92 Å². The lowest BCUT2D eigenvalue weighted by Gasteiger charge is -2.10. The molecule has 0 radical (unpaired) electrons. The second-order valence-electron chi connectivity index (χ2n) is 4.46. The zero-order valence-electron chi connectivity index (χ0n) is 10.5. The van der Waals surface area contributed by atoms with Gasteiger partial charge in [0.25, 0.3) is 0 Å². The molecular weight excluding hydrogens is 204 g/mol. The Morgan fingerprint density at radius 1 is 1.00 bits per heavy atom. The summed E-state index contributed by atoms with van der Waals surface area (Å²) >= 11 is 0. The van der Waals surface area contributed by atoms with Crippen LogP contribution < -0.4 is 0 Å². The first-order valence-corrected chi connectivity index (χ1v) is 6.56. The van der Waals surface area contributed by atoms with Crippen molar-refractivity contribution in [1.29, 1.82) is 0 Å². The van der Waals surface area contributed by atoms with E-state index in [1.54, 1.807) is 0 Å². The monoisotopic (exact) mass is 230 g/mol. The maximum absolute atomic E-state index is 10.9. The van der Waals surface area contributed by atoms with E-state index in [2.05, 4.69) is 0 Å². The van der Waals surface area contributed by atoms with Crippen molar-refractivity contribution in [2.24, 2.45) is 5.92 Å². The second kappa shape index (κ2) is 10.9. The summed E-state index contributed by atoms with van der Waals surface area (Å²) in [7, 11) is 0. The van der Waals surface area contributed by atoms with E-state index in [0.717, 1.165) is 51.4 Å². The number of carboxylic acids is 1. The van der Waals surface area contributed by atoms with Crippen LogP contribution in [0.25, 0.3) is 0 Å². The molecule has 0 saturated carbocycles. The SMILES string of the molecule is CCCC(CCCCCCCCO)C(=O)O. The first-order chi connectivity index (χ1) is 7.72. The largest absolute Gasteiger partial charge is 0.481 e. The van der Waals surface area contributed by atoms with Gasteiger partial charge < -0.3 is 10.2 Å². The van der Waals surface area contributed by atoms with Gasteiger partial charge in [0.2, 0.25) is 0 Å². The molecule has 0 aromatic carbocycles. The van der Waals surface area contributed by atoms with Crippen molar-refractivity contribution in [1.82, 2.24) is 0 Å². The summed E-state index contributed by atoms with van der Waals surface area (Å²) in [6.07, 6.45) is 9.04. The summed E-state index contributed by atoms with van der Waals surface area (Å²) in [5.41, 5.74) is 0. The van der Waals surface area contributed by atoms with Crippen molar-refractivity contribution in [2.75, 3.05) is 6.61 Å². The minimum absolute atomic E-state index is 0.137. The molecule has 0 saturated heterocycles. The predicted octanol–water partition coefficient (Wildman–Crippen LogP) is 3.21. The van der Waals surface area contributed by atoms with Gasteiger partial charge in [0.1, 0.15) is 0 Å². The summed E-state index contributed by atoms with van der Waals surface area (Å²) in [6.45, 7) is 2.32. The van der Waals surface area contributed by atoms with Crippen LogP contribution >= 0.6 is 0 Å². The maximum Gasteiger partial charge on any atom is 0.306 e. The van der Waals surface area contributed by atoms with Gasteiger partial charge >= 0.3 is 5.97 Å². The molecule has 0 fully saturated rings. The maximum atomic E-state index is 10.9. The van der Waals surface area contributed by atoms with Crippen LogP contribution in [0.3, 0.4) is 0 Å². The Morgan fingerprint density at radius 3 is 2.06 bits per heavy atom. The standard InChI is InChI=1S/C13H26O3/c1-2-9-12(13(15)16)10-7-5-3-4-6-8-11-14/h12,14H,2-11H2,1H3,(H,15,16). The minimum Gasteiger partial charge on any atom is -0.481 e. The number of aliphatic hydroxyl groups excluding tert-OH is 1. The Labute approximate surface area is 98.9 Å². The molecule has 3 heteroatoms. The highest BCUT2D eigenvalue weighted by Gasteiger charge is 2.14. The lowest BCUT2D eigenvalue weighted by molar-refractivity contribution is -0.142. The molecule has 0 amide bonds. The molecule has 16 heavy (non-hydrogen) atoms. The fourth-order valence-corrected chi connectivity index (χ4v) is 1.95. The van der Waals surface area contributed by atoms with Gasteiger partial charge in [-0.05, 0) is 19.3 Å². The van der Waals surface area contributed by atoms with E-state index in [0.29, 0.717) is 0 Å². The van der Waals surface area contributed by atoms with Crippen LogP contribution in [0.15, 0.2) is 0 Å². The molecule has 0 spiro atoms. The minimum atomic E-state index is -0.637. The number of aliphatic hydroxyl groups is 1. The Balaban J connectivity index is 3.37. The van der Waals surface area contributed by atoms with Gasteiger partial charge in [-0.2, -0.15) is 0 Å². The Bertz CT molecular complexity index is 169. The van der Waals surface area contributed by atoms with Crippen LogP contribution in [0.1, 0.15) is 64.7 Å². The molecule has 1 unspecified atom stereocenters. The van der Waals surface area contributed by atoms with Gasteiger partial charge in [0.15, 0.2) is 0 Å². The number of hydrogen-bond donors (Lipinski definition) is 2. The second-order valence-corrected chi connectivity index (χ2v) is 4.46. The lowest BCUT2D eigenvalue weighted by atomic mass is 9.96. The lowest BCUT2D eigenvalue weighted by Crippen LogP contribution is -2.13. The van der Waals surface area contributed by atoms with Crippen LogP contribution in [0.5, 0.6) is 0 Å². The van der Waals surface area contributed by atoms with E-state index in [1.807, 2.05) is 6.92 Å². The normalized spacial score (nSPS) is 12.6. The summed E-state index contributed by atoms with van der Waals surface area (Å²) < 4.78 is 0. The molecule has 0 aliphatic heterocycles. The highest BCUT2D eigenvalue weighted by atomic mass is 16.4. The number of hydrogen-bond acceptors (Lipinski definition) is 2. The third kappa shape index (κ3) is 8.72. The van der Waals surface area contributed by atoms with E-state index in [9.17, 15) is 4.79 Å². The molecule has 0 aromatic heterocycles. The van der Waals surface area contributed by atoms with Gasteiger partial charge in [0, 0.05) is 6.61 Å². The summed E-state index contributed by atoms with van der Waals surface area (Å²) in [5, 5.41) is 17.5. The van der Waals surface area contributed by atoms with Gasteiger partial charge in [-0.1, -0.05) is 45.4 Å². The fraction of sp³-hybridized carbons (Fsp3) is 0.923. The Hall–Kier alpha value is -0.570. The molecule has 0 heterocycles. The van der Waals surface area contributed by atoms with Gasteiger partial charge in [-0.25, -0.2) is 0 Å². The number of unbranched alkanes of at least 4 members (excludes halogenated alkanes) is 5. The van der Waals surface area contributed by atoms with Crippen molar-refractivity contribution in [3.63, 3.8) is 0 Å². The van der Waals surface area contributed by atoms with Crippen LogP contribution in [0.2, 0.25) is 0 Å². The summed E-state index contributed by atoms with van der Waals surface area (Å²) in [5.74, 6) is -0.774. The molecule has 0 rings (SSSR count). The molecular formula is C13H26O3. The van der Waals surface area contributed by atoms with Crippen molar-refractivity contribution in [2.45, 2.75) is 64.7 Å². The predicted molar refractivity (Wildman–Crippen MR) is 65.4 cm³/mol. The molecule has 0 bridgehead atoms. The van der Waals surface area contributed by atoms with E-state index < -0.39 is 5.97 Å². The molecule has 3 nitrogen and oxygen atoms in total. The highest BCUT2D eigenvalue weighted by Crippen LogP contribution is 2.16. The van der Waals surface area contributed by atoms with Crippen molar-refractivity contribution in [3.8, 4) is 0 Å². The van der Waals surface area contributed by atoms with Crippen molar-refractivity contribution in [3.05, 3.63) is 0 Å². The van der Waals surface area contributed by atoms with Crippen LogP contribution in [0, 0.1) is 5.92 Å². The zero-order valence-corrected chi connectivity index (χ0v) is 10.5. The average molecular weight is 230 g/mol. The third-order valence-electron chi connectivity index (χ3n) is 2.95. The highest BCUT2D eigenvalue weighted by molar-refractivity contribution is 5.69. The molecule has 0 aliphatic rings. The van der Waals surface area contributed by atoms with Crippen LogP contribution in [-0.2, 0) is 4.79 Å². The van der Waals surface area contributed by atoms with Crippen LogP contribution in [-0.4, -0.2) is 22.8 Å². The molecule has 96 valence electrons. The van der Waals surface area contributed by atoms with E-state index in [1.165, 1.54) is 6.42 Å². The average Bonchev–Trinajstić information content (AvgIpc) is 2.26.